The minimum atomic E-state index is -4.62. The molecule has 2 aliphatic heterocycles. The molecule has 1 unspecified atom stereocenters. The van der Waals surface area contributed by atoms with Gasteiger partial charge in [0.2, 0.25) is 0 Å². The zero-order valence-electron chi connectivity index (χ0n) is 16.4. The van der Waals surface area contributed by atoms with E-state index in [0.717, 1.165) is 43.8 Å². The van der Waals surface area contributed by atoms with Gasteiger partial charge < -0.3 is 19.7 Å². The molecule has 1 aromatic carbocycles. The van der Waals surface area contributed by atoms with E-state index in [-0.39, 0.29) is 16.6 Å². The Morgan fingerprint density at radius 1 is 1.20 bits per heavy atom. The van der Waals surface area contributed by atoms with E-state index in [1.807, 2.05) is 0 Å². The molecular formula is C19H22ClF3N6O. The Bertz CT molecular complexity index is 947. The van der Waals surface area contributed by atoms with Gasteiger partial charge in [-0.05, 0) is 31.7 Å². The number of likely N-dealkylation sites (tertiary alicyclic amines) is 1. The van der Waals surface area contributed by atoms with Crippen molar-refractivity contribution in [3.8, 4) is 0 Å². The number of nitrogens with zero attached hydrogens (tertiary/aromatic N) is 5. The van der Waals surface area contributed by atoms with Crippen molar-refractivity contribution in [2.75, 3.05) is 38.5 Å². The Balaban J connectivity index is 1.46. The van der Waals surface area contributed by atoms with Gasteiger partial charge in [-0.1, -0.05) is 11.6 Å². The van der Waals surface area contributed by atoms with E-state index in [4.69, 9.17) is 11.6 Å². The number of hydrogen-bond acceptors (Lipinski definition) is 4. The van der Waals surface area contributed by atoms with Gasteiger partial charge in [0.05, 0.1) is 11.3 Å². The quantitative estimate of drug-likeness (QED) is 0.773. The molecule has 3 heterocycles. The number of carbonyl (C=O) groups excluding carboxylic acids is 1. The molecule has 0 aliphatic carbocycles. The molecule has 4 rings (SSSR count). The van der Waals surface area contributed by atoms with Gasteiger partial charge >= 0.3 is 12.2 Å². The highest BCUT2D eigenvalue weighted by atomic mass is 35.5. The van der Waals surface area contributed by atoms with Crippen molar-refractivity contribution in [3.05, 3.63) is 40.4 Å². The van der Waals surface area contributed by atoms with Crippen LogP contribution in [0.5, 0.6) is 0 Å². The smallest absolute Gasteiger partial charge is 0.324 e. The lowest BCUT2D eigenvalue weighted by Crippen LogP contribution is -2.33. The lowest BCUT2D eigenvalue weighted by molar-refractivity contribution is -0.136. The van der Waals surface area contributed by atoms with Gasteiger partial charge in [-0.15, -0.1) is 10.2 Å². The topological polar surface area (TPSA) is 66.3 Å². The van der Waals surface area contributed by atoms with Crippen molar-refractivity contribution in [1.82, 2.24) is 24.6 Å². The predicted molar refractivity (Wildman–Crippen MR) is 106 cm³/mol. The first-order chi connectivity index (χ1) is 14.2. The number of nitrogens with one attached hydrogen (secondary N) is 1. The third-order valence-corrected chi connectivity index (χ3v) is 5.88. The number of urea groups is 1. The molecule has 0 bridgehead atoms. The Hall–Kier alpha value is -2.33. The van der Waals surface area contributed by atoms with Crippen LogP contribution in [0.2, 0.25) is 5.02 Å². The van der Waals surface area contributed by atoms with E-state index in [1.165, 1.54) is 17.0 Å². The summed E-state index contributed by atoms with van der Waals surface area (Å²) in [6.45, 7) is 3.42. The molecule has 0 saturated carbocycles. The molecule has 0 radical (unpaired) electrons. The number of fused-ring (bicyclic) bond motifs is 1. The Kier molecular flexibility index (Phi) is 5.63. The average molecular weight is 443 g/mol. The molecule has 1 N–H and O–H groups in total. The first kappa shape index (κ1) is 20.9. The standard InChI is InChI=1S/C19H22ClF3N6O/c1-27-6-5-16-25-26-17(29(16)9-8-27)12-4-7-28(11-12)18(30)24-15-3-2-13(20)10-14(15)19(21,22)23/h2-3,10,12H,4-9,11H2,1H3,(H,24,30). The molecule has 1 saturated heterocycles. The Morgan fingerprint density at radius 2 is 2.00 bits per heavy atom. The second-order valence-corrected chi connectivity index (χ2v) is 8.17. The number of aromatic nitrogens is 3. The summed E-state index contributed by atoms with van der Waals surface area (Å²) < 4.78 is 42.0. The minimum Gasteiger partial charge on any atom is -0.324 e. The molecular weight excluding hydrogens is 421 g/mol. The lowest BCUT2D eigenvalue weighted by Gasteiger charge is -2.20. The average Bonchev–Trinajstić information content (AvgIpc) is 3.28. The highest BCUT2D eigenvalue weighted by molar-refractivity contribution is 6.30. The predicted octanol–water partition coefficient (Wildman–Crippen LogP) is 3.46. The van der Waals surface area contributed by atoms with Crippen molar-refractivity contribution in [2.24, 2.45) is 0 Å². The zero-order valence-corrected chi connectivity index (χ0v) is 17.2. The molecule has 1 atom stereocenters. The molecule has 1 fully saturated rings. The summed E-state index contributed by atoms with van der Waals surface area (Å²) in [5, 5.41) is 11.0. The number of anilines is 1. The number of rotatable bonds is 2. The molecule has 1 aromatic heterocycles. The number of likely N-dealkylation sites (N-methyl/N-ethyl adjacent to an activating group) is 1. The van der Waals surface area contributed by atoms with Gasteiger partial charge in [-0.3, -0.25) is 0 Å². The zero-order chi connectivity index (χ0) is 21.5. The molecule has 162 valence electrons. The summed E-state index contributed by atoms with van der Waals surface area (Å²) in [6.07, 6.45) is -3.11. The number of benzene rings is 1. The highest BCUT2D eigenvalue weighted by Gasteiger charge is 2.36. The van der Waals surface area contributed by atoms with Crippen LogP contribution in [-0.2, 0) is 19.1 Å². The first-order valence-electron chi connectivity index (χ1n) is 9.75. The molecule has 2 aromatic rings. The fourth-order valence-electron chi connectivity index (χ4n) is 3.96. The van der Waals surface area contributed by atoms with E-state index in [9.17, 15) is 18.0 Å². The first-order valence-corrected chi connectivity index (χ1v) is 10.1. The van der Waals surface area contributed by atoms with Crippen molar-refractivity contribution in [1.29, 1.82) is 0 Å². The maximum absolute atomic E-state index is 13.3. The number of hydrogen-bond donors (Lipinski definition) is 1. The molecule has 2 aliphatic rings. The molecule has 7 nitrogen and oxygen atoms in total. The normalized spacial score (nSPS) is 20.2. The van der Waals surface area contributed by atoms with Gasteiger partial charge in [-0.2, -0.15) is 13.2 Å². The van der Waals surface area contributed by atoms with Crippen LogP contribution < -0.4 is 5.32 Å². The summed E-state index contributed by atoms with van der Waals surface area (Å²) in [5.74, 6) is 1.79. The van der Waals surface area contributed by atoms with Crippen molar-refractivity contribution < 1.29 is 18.0 Å². The summed E-state index contributed by atoms with van der Waals surface area (Å²) >= 11 is 5.70. The van der Waals surface area contributed by atoms with Crippen LogP contribution in [0.1, 0.15) is 29.6 Å². The maximum Gasteiger partial charge on any atom is 0.418 e. The monoisotopic (exact) mass is 442 g/mol. The van der Waals surface area contributed by atoms with E-state index in [2.05, 4.69) is 32.0 Å². The van der Waals surface area contributed by atoms with Gasteiger partial charge in [0.15, 0.2) is 0 Å². The number of amides is 2. The minimum absolute atomic E-state index is 0.00714. The molecule has 11 heteroatoms. The van der Waals surface area contributed by atoms with Crippen LogP contribution in [0, 0.1) is 0 Å². The van der Waals surface area contributed by atoms with Crippen molar-refractivity contribution in [2.45, 2.75) is 31.5 Å². The van der Waals surface area contributed by atoms with E-state index in [1.54, 1.807) is 0 Å². The van der Waals surface area contributed by atoms with E-state index >= 15 is 0 Å². The summed E-state index contributed by atoms with van der Waals surface area (Å²) in [7, 11) is 2.06. The number of halogens is 4. The third kappa shape index (κ3) is 4.24. The van der Waals surface area contributed by atoms with Crippen molar-refractivity contribution >= 4 is 23.3 Å². The van der Waals surface area contributed by atoms with E-state index in [0.29, 0.717) is 19.5 Å². The lowest BCUT2D eigenvalue weighted by atomic mass is 10.1. The second-order valence-electron chi connectivity index (χ2n) is 7.73. The highest BCUT2D eigenvalue weighted by Crippen LogP contribution is 2.37. The molecule has 30 heavy (non-hydrogen) atoms. The summed E-state index contributed by atoms with van der Waals surface area (Å²) in [5.41, 5.74) is -1.27. The van der Waals surface area contributed by atoms with Crippen LogP contribution in [0.25, 0.3) is 0 Å². The molecule has 0 spiro atoms. The van der Waals surface area contributed by atoms with Crippen LogP contribution in [-0.4, -0.2) is 63.8 Å². The number of alkyl halides is 3. The Morgan fingerprint density at radius 3 is 2.77 bits per heavy atom. The van der Waals surface area contributed by atoms with Crippen LogP contribution in [0.3, 0.4) is 0 Å². The molecule has 2 amide bonds. The summed E-state index contributed by atoms with van der Waals surface area (Å²) in [4.78, 5) is 16.4. The van der Waals surface area contributed by atoms with Crippen LogP contribution in [0.15, 0.2) is 18.2 Å². The fraction of sp³-hybridized carbons (Fsp3) is 0.526. The van der Waals surface area contributed by atoms with Crippen molar-refractivity contribution in [3.63, 3.8) is 0 Å². The van der Waals surface area contributed by atoms with Gasteiger partial charge in [0, 0.05) is 50.1 Å². The Labute approximate surface area is 176 Å². The van der Waals surface area contributed by atoms with Gasteiger partial charge in [-0.25, -0.2) is 4.79 Å². The van der Waals surface area contributed by atoms with E-state index < -0.39 is 17.8 Å². The SMILES string of the molecule is CN1CCc2nnc(C3CCN(C(=O)Nc4ccc(Cl)cc4C(F)(F)F)C3)n2CC1. The second kappa shape index (κ2) is 8.07. The van der Waals surface area contributed by atoms with Gasteiger partial charge in [0.25, 0.3) is 0 Å². The largest absolute Gasteiger partial charge is 0.418 e. The summed E-state index contributed by atoms with van der Waals surface area (Å²) in [6, 6.07) is 2.74. The fourth-order valence-corrected chi connectivity index (χ4v) is 4.13. The van der Waals surface area contributed by atoms with Crippen LogP contribution >= 0.6 is 11.6 Å². The van der Waals surface area contributed by atoms with Crippen LogP contribution in [0.4, 0.5) is 23.7 Å². The number of carbonyl (C=O) groups is 1. The van der Waals surface area contributed by atoms with Gasteiger partial charge in [0.1, 0.15) is 11.6 Å². The third-order valence-electron chi connectivity index (χ3n) is 5.65. The maximum atomic E-state index is 13.3.